The Balaban J connectivity index is 1.84. The van der Waals surface area contributed by atoms with Gasteiger partial charge in [0.25, 0.3) is 0 Å². The minimum absolute atomic E-state index is 0.0568. The number of nitrogens with one attached hydrogen (secondary N) is 2. The number of hydrogen-bond donors (Lipinski definition) is 2. The van der Waals surface area contributed by atoms with Crippen LogP contribution in [0.5, 0.6) is 5.75 Å². The molecule has 2 N–H and O–H groups in total. The molecule has 1 aromatic heterocycles. The van der Waals surface area contributed by atoms with E-state index in [1.54, 1.807) is 25.5 Å². The van der Waals surface area contributed by atoms with Crippen molar-refractivity contribution in [2.24, 2.45) is 0 Å². The SMILES string of the molecule is CC1=C(C(=O)OC(C)C)C(c2cn(-c3ccccc3)nc2-c2ccc(OC(C)C)cc2)NC(=O)N1. The monoisotopic (exact) mass is 474 g/mol. The maximum Gasteiger partial charge on any atom is 0.338 e. The van der Waals surface area contributed by atoms with Crippen LogP contribution in [0.3, 0.4) is 0 Å². The minimum atomic E-state index is -0.742. The van der Waals surface area contributed by atoms with Gasteiger partial charge in [0.1, 0.15) is 5.75 Å². The number of carbonyl (C=O) groups excluding carboxylic acids is 2. The molecule has 1 aliphatic heterocycles. The second-order valence-electron chi connectivity index (χ2n) is 8.93. The quantitative estimate of drug-likeness (QED) is 0.475. The van der Waals surface area contributed by atoms with E-state index < -0.39 is 18.0 Å². The molecule has 0 fully saturated rings. The molecule has 1 unspecified atom stereocenters. The summed E-state index contributed by atoms with van der Waals surface area (Å²) in [5, 5.41) is 10.4. The Morgan fingerprint density at radius 1 is 1.00 bits per heavy atom. The van der Waals surface area contributed by atoms with Crippen LogP contribution in [-0.4, -0.2) is 34.0 Å². The molecule has 0 saturated heterocycles. The van der Waals surface area contributed by atoms with Crippen molar-refractivity contribution in [2.75, 3.05) is 0 Å². The number of nitrogens with zero attached hydrogens (tertiary/aromatic N) is 2. The van der Waals surface area contributed by atoms with Gasteiger partial charge in [-0.1, -0.05) is 18.2 Å². The van der Waals surface area contributed by atoms with E-state index in [1.165, 1.54) is 0 Å². The Morgan fingerprint density at radius 2 is 1.69 bits per heavy atom. The predicted molar refractivity (Wildman–Crippen MR) is 133 cm³/mol. The van der Waals surface area contributed by atoms with E-state index >= 15 is 0 Å². The van der Waals surface area contributed by atoms with Crippen molar-refractivity contribution in [1.82, 2.24) is 20.4 Å². The number of carbonyl (C=O) groups is 2. The normalized spacial score (nSPS) is 15.7. The fourth-order valence-corrected chi connectivity index (χ4v) is 3.97. The second kappa shape index (κ2) is 10.0. The van der Waals surface area contributed by atoms with E-state index in [-0.39, 0.29) is 12.2 Å². The van der Waals surface area contributed by atoms with Crippen LogP contribution in [0.2, 0.25) is 0 Å². The van der Waals surface area contributed by atoms with Crippen LogP contribution in [0.25, 0.3) is 16.9 Å². The van der Waals surface area contributed by atoms with Gasteiger partial charge in [-0.15, -0.1) is 0 Å². The number of hydrogen-bond acceptors (Lipinski definition) is 5. The summed E-state index contributed by atoms with van der Waals surface area (Å²) in [6.45, 7) is 9.22. The molecule has 2 amide bonds. The molecule has 0 spiro atoms. The van der Waals surface area contributed by atoms with Gasteiger partial charge in [0.2, 0.25) is 0 Å². The van der Waals surface area contributed by atoms with Crippen molar-refractivity contribution in [1.29, 1.82) is 0 Å². The summed E-state index contributed by atoms with van der Waals surface area (Å²) in [6, 6.07) is 16.1. The lowest BCUT2D eigenvalue weighted by atomic mass is 9.93. The summed E-state index contributed by atoms with van der Waals surface area (Å²) in [4.78, 5) is 25.5. The molecule has 4 rings (SSSR count). The topological polar surface area (TPSA) is 94.5 Å². The Morgan fingerprint density at radius 3 is 2.31 bits per heavy atom. The molecule has 2 heterocycles. The summed E-state index contributed by atoms with van der Waals surface area (Å²) >= 11 is 0. The number of benzene rings is 2. The Hall–Kier alpha value is -4.07. The van der Waals surface area contributed by atoms with Gasteiger partial charge in [-0.2, -0.15) is 5.10 Å². The predicted octanol–water partition coefficient (Wildman–Crippen LogP) is 4.91. The Labute approximate surface area is 204 Å². The number of para-hydroxylation sites is 1. The molecule has 0 aliphatic carbocycles. The van der Waals surface area contributed by atoms with Crippen LogP contribution in [0, 0.1) is 0 Å². The number of esters is 1. The van der Waals surface area contributed by atoms with E-state index in [1.807, 2.05) is 74.6 Å². The largest absolute Gasteiger partial charge is 0.491 e. The third-order valence-corrected chi connectivity index (χ3v) is 5.41. The molecule has 0 saturated carbocycles. The van der Waals surface area contributed by atoms with E-state index in [9.17, 15) is 9.59 Å². The molecule has 2 aromatic carbocycles. The first-order chi connectivity index (χ1) is 16.7. The first kappa shape index (κ1) is 24.1. The first-order valence-electron chi connectivity index (χ1n) is 11.6. The fourth-order valence-electron chi connectivity index (χ4n) is 3.97. The summed E-state index contributed by atoms with van der Waals surface area (Å²) in [5.74, 6) is 0.258. The highest BCUT2D eigenvalue weighted by Crippen LogP contribution is 2.35. The fraction of sp³-hybridized carbons (Fsp3) is 0.296. The van der Waals surface area contributed by atoms with Gasteiger partial charge < -0.3 is 20.1 Å². The standard InChI is InChI=1S/C27H30N4O4/c1-16(2)34-21-13-11-19(12-14-21)24-22(15-31(30-24)20-9-7-6-8-10-20)25-23(26(32)35-17(3)4)18(5)28-27(33)29-25/h6-17,25H,1-5H3,(H2,28,29,33). The van der Waals surface area contributed by atoms with Crippen molar-refractivity contribution in [3.8, 4) is 22.7 Å². The highest BCUT2D eigenvalue weighted by molar-refractivity contribution is 5.95. The van der Waals surface area contributed by atoms with Crippen LogP contribution in [0.1, 0.15) is 46.2 Å². The summed E-state index contributed by atoms with van der Waals surface area (Å²) in [6.07, 6.45) is 1.59. The van der Waals surface area contributed by atoms with E-state index in [0.29, 0.717) is 22.5 Å². The summed E-state index contributed by atoms with van der Waals surface area (Å²) < 4.78 is 13.0. The maximum absolute atomic E-state index is 13.1. The van der Waals surface area contributed by atoms with Crippen molar-refractivity contribution in [3.05, 3.63) is 77.6 Å². The van der Waals surface area contributed by atoms with Crippen LogP contribution in [0.15, 0.2) is 72.1 Å². The van der Waals surface area contributed by atoms with Gasteiger partial charge >= 0.3 is 12.0 Å². The molecule has 0 bridgehead atoms. The zero-order chi connectivity index (χ0) is 25.1. The van der Waals surface area contributed by atoms with Gasteiger partial charge in [-0.25, -0.2) is 14.3 Å². The highest BCUT2D eigenvalue weighted by Gasteiger charge is 2.35. The molecular formula is C27H30N4O4. The number of aromatic nitrogens is 2. The van der Waals surface area contributed by atoms with Crippen molar-refractivity contribution in [3.63, 3.8) is 0 Å². The van der Waals surface area contributed by atoms with E-state index in [2.05, 4.69) is 10.6 Å². The van der Waals surface area contributed by atoms with Crippen molar-refractivity contribution < 1.29 is 19.1 Å². The Bertz CT molecular complexity index is 1240. The molecule has 8 heteroatoms. The molecule has 1 atom stereocenters. The number of ether oxygens (including phenoxy) is 2. The zero-order valence-corrected chi connectivity index (χ0v) is 20.5. The number of allylic oxidation sites excluding steroid dienone is 1. The third kappa shape index (κ3) is 5.37. The van der Waals surface area contributed by atoms with Gasteiger partial charge in [0.15, 0.2) is 0 Å². The second-order valence-corrected chi connectivity index (χ2v) is 8.93. The average Bonchev–Trinajstić information content (AvgIpc) is 3.24. The van der Waals surface area contributed by atoms with Crippen molar-refractivity contribution >= 4 is 12.0 Å². The van der Waals surface area contributed by atoms with Gasteiger partial charge in [-0.05, 0) is 71.0 Å². The van der Waals surface area contributed by atoms with Gasteiger partial charge in [0.05, 0.1) is 35.2 Å². The molecule has 0 radical (unpaired) electrons. The lowest BCUT2D eigenvalue weighted by Crippen LogP contribution is -2.45. The smallest absolute Gasteiger partial charge is 0.338 e. The molecule has 1 aliphatic rings. The minimum Gasteiger partial charge on any atom is -0.491 e. The molecule has 8 nitrogen and oxygen atoms in total. The van der Waals surface area contributed by atoms with Gasteiger partial charge in [-0.3, -0.25) is 0 Å². The average molecular weight is 475 g/mol. The maximum atomic E-state index is 13.1. The third-order valence-electron chi connectivity index (χ3n) is 5.41. The Kier molecular flexibility index (Phi) is 6.91. The van der Waals surface area contributed by atoms with Crippen LogP contribution >= 0.6 is 0 Å². The zero-order valence-electron chi connectivity index (χ0n) is 20.5. The van der Waals surface area contributed by atoms with Crippen LogP contribution in [0.4, 0.5) is 4.79 Å². The van der Waals surface area contributed by atoms with Crippen LogP contribution < -0.4 is 15.4 Å². The first-order valence-corrected chi connectivity index (χ1v) is 11.6. The molecular weight excluding hydrogens is 444 g/mol. The summed E-state index contributed by atoms with van der Waals surface area (Å²) in [5.41, 5.74) is 3.78. The molecule has 182 valence electrons. The number of amides is 2. The number of urea groups is 1. The number of rotatable bonds is 7. The van der Waals surface area contributed by atoms with E-state index in [4.69, 9.17) is 14.6 Å². The van der Waals surface area contributed by atoms with E-state index in [0.717, 1.165) is 17.0 Å². The lowest BCUT2D eigenvalue weighted by molar-refractivity contribution is -0.143. The highest BCUT2D eigenvalue weighted by atomic mass is 16.5. The molecule has 35 heavy (non-hydrogen) atoms. The van der Waals surface area contributed by atoms with Crippen LogP contribution in [-0.2, 0) is 9.53 Å². The van der Waals surface area contributed by atoms with Crippen molar-refractivity contribution in [2.45, 2.75) is 52.9 Å². The lowest BCUT2D eigenvalue weighted by Gasteiger charge is -2.28. The summed E-state index contributed by atoms with van der Waals surface area (Å²) in [7, 11) is 0. The molecule has 3 aromatic rings. The van der Waals surface area contributed by atoms with Gasteiger partial charge in [0, 0.05) is 23.0 Å².